The summed E-state index contributed by atoms with van der Waals surface area (Å²) in [6.45, 7) is -1.48. The summed E-state index contributed by atoms with van der Waals surface area (Å²) in [6, 6.07) is 5.63. The molecule has 3 heterocycles. The van der Waals surface area contributed by atoms with Gasteiger partial charge in [-0.15, -0.1) is 0 Å². The first-order valence-corrected chi connectivity index (χ1v) is 8.00. The van der Waals surface area contributed by atoms with Gasteiger partial charge in [0.1, 0.15) is 6.54 Å². The number of benzene rings is 1. The molecule has 0 bridgehead atoms. The van der Waals surface area contributed by atoms with Crippen LogP contribution >= 0.6 is 11.6 Å². The van der Waals surface area contributed by atoms with E-state index in [1.54, 1.807) is 0 Å². The number of nitrogens with zero attached hydrogens (tertiary/aromatic N) is 3. The quantitative estimate of drug-likeness (QED) is 0.406. The Morgan fingerprint density at radius 3 is 2.67 bits per heavy atom. The van der Waals surface area contributed by atoms with Crippen LogP contribution in [-0.2, 0) is 6.54 Å². The third-order valence-electron chi connectivity index (χ3n) is 4.13. The molecule has 0 fully saturated rings. The Hall–Kier alpha value is -2.94. The lowest BCUT2D eigenvalue weighted by atomic mass is 10.0. The molecule has 0 spiro atoms. The van der Waals surface area contributed by atoms with Crippen molar-refractivity contribution in [2.75, 3.05) is 0 Å². The van der Waals surface area contributed by atoms with E-state index < -0.39 is 24.2 Å². The van der Waals surface area contributed by atoms with E-state index in [1.807, 2.05) is 0 Å². The molecule has 4 aromatic rings. The Balaban J connectivity index is 2.07. The summed E-state index contributed by atoms with van der Waals surface area (Å²) in [4.78, 5) is 16.1. The predicted octanol–water partition coefficient (Wildman–Crippen LogP) is 4.29. The smallest absolute Gasteiger partial charge is 0.298 e. The summed E-state index contributed by atoms with van der Waals surface area (Å²) in [5.41, 5.74) is -0.287. The number of halogens is 5. The second-order valence-electron chi connectivity index (χ2n) is 5.89. The van der Waals surface area contributed by atoms with Crippen molar-refractivity contribution >= 4 is 33.4 Å². The molecule has 138 valence electrons. The van der Waals surface area contributed by atoms with Crippen molar-refractivity contribution in [3.05, 3.63) is 58.0 Å². The standard InChI is InChI=1S/C17H9ClF4N4O/c18-9-4-11(15(19)23-5-9)8-1-2-10-13(3-8)26(7-17(20,21)22)16(27)12-6-24-25-14(10)12/h1-6H,7H2,(H,24,25). The zero-order valence-electron chi connectivity index (χ0n) is 13.3. The first-order chi connectivity index (χ1) is 12.7. The van der Waals surface area contributed by atoms with Crippen LogP contribution < -0.4 is 5.56 Å². The SMILES string of the molecule is O=c1c2cn[nH]c2c2ccc(-c3cc(Cl)cnc3F)cc2n1CC(F)(F)F. The molecular formula is C17H9ClF4N4O. The van der Waals surface area contributed by atoms with Crippen LogP contribution in [0.25, 0.3) is 32.9 Å². The summed E-state index contributed by atoms with van der Waals surface area (Å²) in [5.74, 6) is -0.828. The third-order valence-corrected chi connectivity index (χ3v) is 4.33. The fraction of sp³-hybridized carbons (Fsp3) is 0.118. The number of alkyl halides is 3. The number of aromatic amines is 1. The summed E-state index contributed by atoms with van der Waals surface area (Å²) in [7, 11) is 0. The van der Waals surface area contributed by atoms with E-state index in [9.17, 15) is 22.4 Å². The van der Waals surface area contributed by atoms with Crippen molar-refractivity contribution in [2.24, 2.45) is 0 Å². The zero-order valence-corrected chi connectivity index (χ0v) is 14.1. The van der Waals surface area contributed by atoms with Crippen LogP contribution in [0.1, 0.15) is 0 Å². The van der Waals surface area contributed by atoms with E-state index in [4.69, 9.17) is 11.6 Å². The molecule has 0 unspecified atom stereocenters. The highest BCUT2D eigenvalue weighted by atomic mass is 35.5. The van der Waals surface area contributed by atoms with Crippen molar-refractivity contribution in [2.45, 2.75) is 12.7 Å². The van der Waals surface area contributed by atoms with Gasteiger partial charge < -0.3 is 0 Å². The minimum absolute atomic E-state index is 0.00838. The fourth-order valence-corrected chi connectivity index (χ4v) is 3.16. The number of aromatic nitrogens is 4. The first-order valence-electron chi connectivity index (χ1n) is 7.62. The molecule has 3 aromatic heterocycles. The van der Waals surface area contributed by atoms with Gasteiger partial charge in [0.15, 0.2) is 0 Å². The van der Waals surface area contributed by atoms with Gasteiger partial charge in [0, 0.05) is 17.1 Å². The van der Waals surface area contributed by atoms with Gasteiger partial charge in [-0.05, 0) is 17.7 Å². The number of H-pyrrole nitrogens is 1. The van der Waals surface area contributed by atoms with Crippen LogP contribution in [0.4, 0.5) is 17.6 Å². The molecule has 0 aliphatic carbocycles. The minimum atomic E-state index is -4.62. The van der Waals surface area contributed by atoms with Crippen LogP contribution in [0.15, 0.2) is 41.5 Å². The summed E-state index contributed by atoms with van der Waals surface area (Å²) < 4.78 is 53.8. The molecule has 1 aromatic carbocycles. The largest absolute Gasteiger partial charge is 0.406 e. The maximum absolute atomic E-state index is 14.1. The average molecular weight is 397 g/mol. The average Bonchev–Trinajstić information content (AvgIpc) is 3.09. The van der Waals surface area contributed by atoms with Gasteiger partial charge in [-0.2, -0.15) is 22.7 Å². The van der Waals surface area contributed by atoms with Crippen LogP contribution in [0.5, 0.6) is 0 Å². The van der Waals surface area contributed by atoms with Gasteiger partial charge in [-0.25, -0.2) is 4.98 Å². The van der Waals surface area contributed by atoms with Gasteiger partial charge in [-0.3, -0.25) is 14.5 Å². The van der Waals surface area contributed by atoms with E-state index in [2.05, 4.69) is 15.2 Å². The lowest BCUT2D eigenvalue weighted by Gasteiger charge is -2.14. The van der Waals surface area contributed by atoms with Gasteiger partial charge in [0.05, 0.1) is 27.6 Å². The molecule has 0 radical (unpaired) electrons. The molecule has 0 saturated heterocycles. The van der Waals surface area contributed by atoms with Crippen molar-refractivity contribution < 1.29 is 17.6 Å². The van der Waals surface area contributed by atoms with E-state index >= 15 is 0 Å². The molecular weight excluding hydrogens is 388 g/mol. The van der Waals surface area contributed by atoms with Crippen LogP contribution in [0.2, 0.25) is 5.02 Å². The van der Waals surface area contributed by atoms with Crippen LogP contribution in [0, 0.1) is 5.95 Å². The predicted molar refractivity (Wildman–Crippen MR) is 92.1 cm³/mol. The van der Waals surface area contributed by atoms with Gasteiger partial charge in [0.2, 0.25) is 5.95 Å². The molecule has 5 nitrogen and oxygen atoms in total. The molecule has 10 heteroatoms. The molecule has 0 aliphatic heterocycles. The number of pyridine rings is 2. The maximum atomic E-state index is 14.1. The lowest BCUT2D eigenvalue weighted by Crippen LogP contribution is -2.28. The van der Waals surface area contributed by atoms with Crippen molar-refractivity contribution in [1.29, 1.82) is 0 Å². The number of nitrogens with one attached hydrogen (secondary N) is 1. The molecule has 4 rings (SSSR count). The zero-order chi connectivity index (χ0) is 19.3. The Morgan fingerprint density at radius 1 is 1.15 bits per heavy atom. The maximum Gasteiger partial charge on any atom is 0.406 e. The third kappa shape index (κ3) is 3.03. The number of hydrogen-bond donors (Lipinski definition) is 1. The molecule has 1 N–H and O–H groups in total. The molecule has 0 saturated carbocycles. The molecule has 0 atom stereocenters. The highest BCUT2D eigenvalue weighted by Crippen LogP contribution is 2.30. The van der Waals surface area contributed by atoms with E-state index in [0.29, 0.717) is 15.5 Å². The Labute approximate surface area is 153 Å². The van der Waals surface area contributed by atoms with E-state index in [0.717, 1.165) is 6.20 Å². The molecule has 0 amide bonds. The Morgan fingerprint density at radius 2 is 1.93 bits per heavy atom. The van der Waals surface area contributed by atoms with Crippen LogP contribution in [0.3, 0.4) is 0 Å². The van der Waals surface area contributed by atoms with E-state index in [-0.39, 0.29) is 27.1 Å². The van der Waals surface area contributed by atoms with Crippen molar-refractivity contribution in [3.63, 3.8) is 0 Å². The number of hydrogen-bond acceptors (Lipinski definition) is 3. The normalized spacial score (nSPS) is 12.2. The van der Waals surface area contributed by atoms with Gasteiger partial charge >= 0.3 is 6.18 Å². The Bertz CT molecular complexity index is 1250. The molecule has 0 aliphatic rings. The van der Waals surface area contributed by atoms with Crippen LogP contribution in [-0.4, -0.2) is 25.9 Å². The monoisotopic (exact) mass is 396 g/mol. The topological polar surface area (TPSA) is 63.6 Å². The first kappa shape index (κ1) is 17.5. The van der Waals surface area contributed by atoms with Gasteiger partial charge in [-0.1, -0.05) is 23.7 Å². The highest BCUT2D eigenvalue weighted by Gasteiger charge is 2.30. The van der Waals surface area contributed by atoms with Crippen molar-refractivity contribution in [1.82, 2.24) is 19.7 Å². The van der Waals surface area contributed by atoms with Crippen molar-refractivity contribution in [3.8, 4) is 11.1 Å². The van der Waals surface area contributed by atoms with E-state index in [1.165, 1.54) is 30.5 Å². The second kappa shape index (κ2) is 6.05. The summed E-state index contributed by atoms with van der Waals surface area (Å²) in [5, 5.41) is 6.93. The summed E-state index contributed by atoms with van der Waals surface area (Å²) >= 11 is 5.85. The second-order valence-corrected chi connectivity index (χ2v) is 6.33. The summed E-state index contributed by atoms with van der Waals surface area (Å²) in [6.07, 6.45) is -2.32. The number of rotatable bonds is 2. The highest BCUT2D eigenvalue weighted by molar-refractivity contribution is 6.30. The fourth-order valence-electron chi connectivity index (χ4n) is 3.00. The van der Waals surface area contributed by atoms with Gasteiger partial charge in [0.25, 0.3) is 5.56 Å². The Kier molecular flexibility index (Phi) is 3.92. The molecule has 27 heavy (non-hydrogen) atoms. The number of fused-ring (bicyclic) bond motifs is 3. The lowest BCUT2D eigenvalue weighted by molar-refractivity contribution is -0.140. The minimum Gasteiger partial charge on any atom is -0.298 e.